The summed E-state index contributed by atoms with van der Waals surface area (Å²) in [4.78, 5) is 0. The van der Waals surface area contributed by atoms with Crippen molar-refractivity contribution < 1.29 is 48.0 Å². The molecule has 3 rings (SSSR count). The minimum absolute atomic E-state index is 0. The molecule has 0 fully saturated rings. The molecule has 6 N–H and O–H groups in total. The fourth-order valence-electron chi connectivity index (χ4n) is 1.83. The van der Waals surface area contributed by atoms with Crippen molar-refractivity contribution in [1.82, 2.24) is 0 Å². The van der Waals surface area contributed by atoms with Crippen molar-refractivity contribution in [3.05, 3.63) is 60.3 Å². The molecule has 0 atom stereocenters. The Bertz CT molecular complexity index is 863. The summed E-state index contributed by atoms with van der Waals surface area (Å²) in [5.41, 5.74) is 0. The van der Waals surface area contributed by atoms with E-state index < -0.39 is 34.5 Å². The van der Waals surface area contributed by atoms with Crippen LogP contribution in [0.5, 0.6) is 34.5 Å². The molecule has 0 saturated carbocycles. The molecule has 6 nitrogen and oxygen atoms in total. The largest absolute Gasteiger partial charge is 0.503 e. The minimum atomic E-state index is -0.573. The summed E-state index contributed by atoms with van der Waals surface area (Å²) >= 11 is 66.1. The molecule has 0 aliphatic carbocycles. The van der Waals surface area contributed by atoms with E-state index in [1.165, 1.54) is 0 Å². The van der Waals surface area contributed by atoms with Gasteiger partial charge in [0.25, 0.3) is 0 Å². The van der Waals surface area contributed by atoms with Gasteiger partial charge < -0.3 is 30.6 Å². The zero-order chi connectivity index (χ0) is 28.4. The van der Waals surface area contributed by atoms with Crippen molar-refractivity contribution in [2.24, 2.45) is 0 Å². The number of hydrogen-bond acceptors (Lipinski definition) is 6. The van der Waals surface area contributed by atoms with Crippen molar-refractivity contribution >= 4 is 139 Å². The second kappa shape index (κ2) is 15.5. The Morgan fingerprint density at radius 3 is 0.378 bits per heavy atom. The van der Waals surface area contributed by atoms with Gasteiger partial charge in [0.2, 0.25) is 0 Å². The first-order valence-electron chi connectivity index (χ1n) is 8.11. The molecule has 3 aromatic rings. The fraction of sp³-hybridized carbons (Fsp3) is 0. The van der Waals surface area contributed by atoms with Gasteiger partial charge in [-0.1, -0.05) is 139 Å². The van der Waals surface area contributed by atoms with E-state index in [0.29, 0.717) is 0 Å². The van der Waals surface area contributed by atoms with Gasteiger partial charge in [-0.3, -0.25) is 0 Å². The molecule has 0 heterocycles. The molecular formula is C18H6Cl12CrO6. The Morgan fingerprint density at radius 2 is 0.297 bits per heavy atom. The first-order chi connectivity index (χ1) is 16.4. The van der Waals surface area contributed by atoms with Crippen LogP contribution in [-0.2, 0) is 17.4 Å². The van der Waals surface area contributed by atoms with E-state index in [2.05, 4.69) is 0 Å². The summed E-state index contributed by atoms with van der Waals surface area (Å²) in [6.07, 6.45) is 0. The molecule has 0 aliphatic rings. The predicted octanol–water partition coefficient (Wildman–Crippen LogP) is 11.1. The zero-order valence-corrected chi connectivity index (χ0v) is 27.0. The van der Waals surface area contributed by atoms with Crippen molar-refractivity contribution in [2.75, 3.05) is 0 Å². The van der Waals surface area contributed by atoms with Gasteiger partial charge >= 0.3 is 0 Å². The summed E-state index contributed by atoms with van der Waals surface area (Å²) in [5, 5.41) is 52.7. The predicted molar refractivity (Wildman–Crippen MR) is 149 cm³/mol. The maximum absolute atomic E-state index is 9.08. The standard InChI is InChI=1S/3C6H2Cl4O2.Cr/c3*7-1-2(8)4(10)6(12)5(11)3(1)9;/h3*11-12H;. The summed E-state index contributed by atoms with van der Waals surface area (Å²) in [6, 6.07) is 0. The maximum atomic E-state index is 9.08. The number of benzene rings is 3. The molecule has 0 aromatic heterocycles. The van der Waals surface area contributed by atoms with Gasteiger partial charge in [0.1, 0.15) is 30.1 Å². The Balaban J connectivity index is 0.000000518. The van der Waals surface area contributed by atoms with Crippen molar-refractivity contribution in [2.45, 2.75) is 0 Å². The Kier molecular flexibility index (Phi) is 15.7. The third-order valence-electron chi connectivity index (χ3n) is 3.65. The van der Waals surface area contributed by atoms with E-state index >= 15 is 0 Å². The van der Waals surface area contributed by atoms with Crippen LogP contribution in [0.15, 0.2) is 0 Å². The average molecular weight is 796 g/mol. The van der Waals surface area contributed by atoms with Crippen LogP contribution >= 0.6 is 139 Å². The van der Waals surface area contributed by atoms with Crippen LogP contribution in [0.25, 0.3) is 0 Å². The van der Waals surface area contributed by atoms with Gasteiger partial charge in [-0.25, -0.2) is 0 Å². The molecule has 0 amide bonds. The first-order valence-corrected chi connectivity index (χ1v) is 12.6. The van der Waals surface area contributed by atoms with Crippen LogP contribution in [0.4, 0.5) is 0 Å². The first kappa shape index (κ1) is 37.5. The molecule has 37 heavy (non-hydrogen) atoms. The molecule has 19 heteroatoms. The van der Waals surface area contributed by atoms with E-state index in [0.717, 1.165) is 0 Å². The van der Waals surface area contributed by atoms with Crippen LogP contribution in [0.2, 0.25) is 60.3 Å². The number of halogens is 12. The third-order valence-corrected chi connectivity index (χ3v) is 9.00. The topological polar surface area (TPSA) is 121 Å². The zero-order valence-electron chi connectivity index (χ0n) is 16.6. The molecule has 0 saturated heterocycles. The second-order valence-corrected chi connectivity index (χ2v) is 10.4. The van der Waals surface area contributed by atoms with E-state index in [4.69, 9.17) is 170 Å². The molecule has 3 aromatic carbocycles. The number of aromatic hydroxyl groups is 6. The summed E-state index contributed by atoms with van der Waals surface area (Å²) in [5.74, 6) is -3.44. The molecule has 0 bridgehead atoms. The fourth-order valence-corrected chi connectivity index (χ4v) is 4.32. The average Bonchev–Trinajstić information content (AvgIpc) is 2.87. The number of phenols is 6. The minimum Gasteiger partial charge on any atom is -0.503 e. The quantitative estimate of drug-likeness (QED) is 0.0766. The monoisotopic (exact) mass is 790 g/mol. The second-order valence-electron chi connectivity index (χ2n) is 5.86. The van der Waals surface area contributed by atoms with Crippen molar-refractivity contribution in [1.29, 1.82) is 0 Å². The molecule has 0 aliphatic heterocycles. The van der Waals surface area contributed by atoms with Crippen molar-refractivity contribution in [3.63, 3.8) is 0 Å². The third kappa shape index (κ3) is 8.25. The van der Waals surface area contributed by atoms with Gasteiger partial charge in [0.15, 0.2) is 34.5 Å². The number of phenolic OH excluding ortho intramolecular Hbond substituents is 6. The SMILES string of the molecule is Oc1c(O)c(Cl)c(Cl)c(Cl)c1Cl.Oc1c(O)c(Cl)c(Cl)c(Cl)c1Cl.Oc1c(O)c(Cl)c(Cl)c(Cl)c1Cl.[Cr]. The summed E-state index contributed by atoms with van der Waals surface area (Å²) in [7, 11) is 0. The van der Waals surface area contributed by atoms with Crippen LogP contribution < -0.4 is 0 Å². The number of hydrogen-bond donors (Lipinski definition) is 6. The van der Waals surface area contributed by atoms with E-state index in [1.807, 2.05) is 0 Å². The van der Waals surface area contributed by atoms with Gasteiger partial charge in [0, 0.05) is 17.4 Å². The van der Waals surface area contributed by atoms with Gasteiger partial charge in [-0.05, 0) is 0 Å². The van der Waals surface area contributed by atoms with Gasteiger partial charge in [-0.2, -0.15) is 0 Å². The van der Waals surface area contributed by atoms with Crippen molar-refractivity contribution in [3.8, 4) is 34.5 Å². The summed E-state index contributed by atoms with van der Waals surface area (Å²) < 4.78 is 0. The molecule has 0 unspecified atom stereocenters. The van der Waals surface area contributed by atoms with Crippen LogP contribution in [0, 0.1) is 0 Å². The Hall–Kier alpha value is 0.472. The normalized spacial score (nSPS) is 10.1. The maximum Gasteiger partial charge on any atom is 0.179 e. The van der Waals surface area contributed by atoms with Crippen LogP contribution in [0.1, 0.15) is 0 Å². The Labute approximate surface area is 279 Å². The van der Waals surface area contributed by atoms with E-state index in [9.17, 15) is 0 Å². The molecule has 0 spiro atoms. The van der Waals surface area contributed by atoms with Gasteiger partial charge in [-0.15, -0.1) is 0 Å². The van der Waals surface area contributed by atoms with Crippen LogP contribution in [0.3, 0.4) is 0 Å². The molecule has 204 valence electrons. The van der Waals surface area contributed by atoms with Crippen LogP contribution in [-0.4, -0.2) is 30.6 Å². The van der Waals surface area contributed by atoms with Gasteiger partial charge in [0.05, 0.1) is 30.1 Å². The van der Waals surface area contributed by atoms with E-state index in [1.54, 1.807) is 0 Å². The summed E-state index contributed by atoms with van der Waals surface area (Å²) in [6.45, 7) is 0. The number of rotatable bonds is 0. The smallest absolute Gasteiger partial charge is 0.179 e. The molecule has 0 radical (unpaired) electrons. The Morgan fingerprint density at radius 1 is 0.216 bits per heavy atom. The van der Waals surface area contributed by atoms with E-state index in [-0.39, 0.29) is 77.6 Å². The molecular weight excluding hydrogens is 790 g/mol.